The van der Waals surface area contributed by atoms with Crippen LogP contribution in [0.3, 0.4) is 0 Å². The van der Waals surface area contributed by atoms with Crippen LogP contribution < -0.4 is 10.6 Å². The van der Waals surface area contributed by atoms with E-state index >= 15 is 0 Å². The van der Waals surface area contributed by atoms with E-state index < -0.39 is 0 Å². The molecule has 0 bridgehead atoms. The average Bonchev–Trinajstić information content (AvgIpc) is 2.53. The van der Waals surface area contributed by atoms with E-state index in [0.29, 0.717) is 5.02 Å². The number of halogens is 2. The Morgan fingerprint density at radius 2 is 2.07 bits per heavy atom. The van der Waals surface area contributed by atoms with Gasteiger partial charge >= 0.3 is 0 Å². The molecule has 0 saturated carbocycles. The summed E-state index contributed by atoms with van der Waals surface area (Å²) in [6.45, 7) is 1.77. The van der Waals surface area contributed by atoms with Crippen molar-refractivity contribution in [2.45, 2.75) is 12.5 Å². The number of hydrogen-bond acceptors (Lipinski definition) is 4. The fourth-order valence-corrected chi connectivity index (χ4v) is 1.54. The Morgan fingerprint density at radius 3 is 2.57 bits per heavy atom. The molecule has 0 aliphatic carbocycles. The zero-order chi connectivity index (χ0) is 9.26. The van der Waals surface area contributed by atoms with Crippen LogP contribution in [0.1, 0.15) is 6.42 Å². The van der Waals surface area contributed by atoms with Crippen LogP contribution in [-0.2, 0) is 0 Å². The van der Waals surface area contributed by atoms with Crippen LogP contribution in [0, 0.1) is 0 Å². The highest BCUT2D eigenvalue weighted by molar-refractivity contribution is 6.30. The third-order valence-corrected chi connectivity index (χ3v) is 2.31. The Morgan fingerprint density at radius 1 is 1.43 bits per heavy atom. The summed E-state index contributed by atoms with van der Waals surface area (Å²) in [7, 11) is 0. The molecule has 2 heterocycles. The van der Waals surface area contributed by atoms with E-state index in [-0.39, 0.29) is 18.4 Å². The van der Waals surface area contributed by atoms with Gasteiger partial charge in [0.2, 0.25) is 5.95 Å². The van der Waals surface area contributed by atoms with Crippen molar-refractivity contribution in [1.29, 1.82) is 0 Å². The summed E-state index contributed by atoms with van der Waals surface area (Å²) < 4.78 is 0. The van der Waals surface area contributed by atoms with Crippen molar-refractivity contribution in [3.8, 4) is 0 Å². The van der Waals surface area contributed by atoms with Crippen molar-refractivity contribution in [1.82, 2.24) is 9.97 Å². The molecule has 1 atom stereocenters. The van der Waals surface area contributed by atoms with Gasteiger partial charge in [-0.2, -0.15) is 0 Å². The van der Waals surface area contributed by atoms with Gasteiger partial charge in [0.1, 0.15) is 0 Å². The summed E-state index contributed by atoms with van der Waals surface area (Å²) >= 11 is 5.68. The van der Waals surface area contributed by atoms with E-state index in [1.54, 1.807) is 12.4 Å². The summed E-state index contributed by atoms with van der Waals surface area (Å²) in [5.74, 6) is 0.720. The number of aromatic nitrogens is 2. The van der Waals surface area contributed by atoms with Crippen molar-refractivity contribution < 1.29 is 0 Å². The maximum Gasteiger partial charge on any atom is 0.225 e. The summed E-state index contributed by atoms with van der Waals surface area (Å²) in [5, 5.41) is 0.562. The predicted octanol–water partition coefficient (Wildman–Crippen LogP) is 1.09. The predicted molar refractivity (Wildman–Crippen MR) is 59.1 cm³/mol. The van der Waals surface area contributed by atoms with Gasteiger partial charge in [-0.15, -0.1) is 12.4 Å². The van der Waals surface area contributed by atoms with Crippen LogP contribution in [0.2, 0.25) is 5.02 Å². The van der Waals surface area contributed by atoms with Crippen LogP contribution in [0.25, 0.3) is 0 Å². The topological polar surface area (TPSA) is 55.0 Å². The first-order valence-corrected chi connectivity index (χ1v) is 4.61. The smallest absolute Gasteiger partial charge is 0.225 e. The number of hydrogen-bond donors (Lipinski definition) is 1. The molecule has 0 unspecified atom stereocenters. The van der Waals surface area contributed by atoms with Gasteiger partial charge in [-0.25, -0.2) is 9.97 Å². The highest BCUT2D eigenvalue weighted by atomic mass is 35.5. The number of anilines is 1. The molecule has 14 heavy (non-hydrogen) atoms. The third kappa shape index (κ3) is 2.47. The molecule has 1 fully saturated rings. The molecule has 0 spiro atoms. The second-order valence-electron chi connectivity index (χ2n) is 3.20. The highest BCUT2D eigenvalue weighted by Crippen LogP contribution is 2.15. The second kappa shape index (κ2) is 4.77. The lowest BCUT2D eigenvalue weighted by Crippen LogP contribution is -2.27. The number of nitrogens with zero attached hydrogens (tertiary/aromatic N) is 3. The average molecular weight is 235 g/mol. The van der Waals surface area contributed by atoms with E-state index in [1.807, 2.05) is 0 Å². The summed E-state index contributed by atoms with van der Waals surface area (Å²) in [6.07, 6.45) is 4.22. The maximum atomic E-state index is 5.77. The minimum atomic E-state index is 0. The van der Waals surface area contributed by atoms with Gasteiger partial charge in [-0.3, -0.25) is 0 Å². The van der Waals surface area contributed by atoms with Gasteiger partial charge in [0.05, 0.1) is 17.4 Å². The standard InChI is InChI=1S/C8H11ClN4.ClH/c9-6-3-11-8(12-4-6)13-2-1-7(10)5-13;/h3-4,7H,1-2,5,10H2;1H/t7-;/m1./s1. The van der Waals surface area contributed by atoms with E-state index in [2.05, 4.69) is 14.9 Å². The van der Waals surface area contributed by atoms with E-state index in [0.717, 1.165) is 25.5 Å². The van der Waals surface area contributed by atoms with Crippen molar-refractivity contribution in [2.75, 3.05) is 18.0 Å². The minimum Gasteiger partial charge on any atom is -0.339 e. The Bertz CT molecular complexity index is 290. The SMILES string of the molecule is Cl.N[C@@H]1CCN(c2ncc(Cl)cn2)C1. The van der Waals surface area contributed by atoms with Gasteiger partial charge in [0.25, 0.3) is 0 Å². The first-order valence-electron chi connectivity index (χ1n) is 4.24. The molecular weight excluding hydrogens is 223 g/mol. The van der Waals surface area contributed by atoms with Crippen molar-refractivity contribution in [2.24, 2.45) is 5.73 Å². The zero-order valence-electron chi connectivity index (χ0n) is 7.56. The van der Waals surface area contributed by atoms with E-state index in [4.69, 9.17) is 17.3 Å². The fraction of sp³-hybridized carbons (Fsp3) is 0.500. The quantitative estimate of drug-likeness (QED) is 0.791. The lowest BCUT2D eigenvalue weighted by molar-refractivity contribution is 0.750. The maximum absolute atomic E-state index is 5.77. The van der Waals surface area contributed by atoms with Crippen molar-refractivity contribution in [3.63, 3.8) is 0 Å². The Hall–Kier alpha value is -0.580. The van der Waals surface area contributed by atoms with Gasteiger partial charge in [-0.1, -0.05) is 11.6 Å². The van der Waals surface area contributed by atoms with Crippen molar-refractivity contribution in [3.05, 3.63) is 17.4 Å². The van der Waals surface area contributed by atoms with E-state index in [9.17, 15) is 0 Å². The van der Waals surface area contributed by atoms with Crippen LogP contribution >= 0.6 is 24.0 Å². The molecule has 78 valence electrons. The number of nitrogens with two attached hydrogens (primary N) is 1. The molecule has 0 radical (unpaired) electrons. The summed E-state index contributed by atoms with van der Waals surface area (Å²) in [4.78, 5) is 10.3. The normalized spacial score (nSPS) is 20.7. The van der Waals surface area contributed by atoms with Crippen LogP contribution in [0.5, 0.6) is 0 Å². The lowest BCUT2D eigenvalue weighted by atomic mass is 10.3. The molecule has 2 rings (SSSR count). The second-order valence-corrected chi connectivity index (χ2v) is 3.63. The van der Waals surface area contributed by atoms with Crippen molar-refractivity contribution >= 4 is 30.0 Å². The van der Waals surface area contributed by atoms with Crippen LogP contribution in [0.15, 0.2) is 12.4 Å². The Labute approximate surface area is 93.9 Å². The highest BCUT2D eigenvalue weighted by Gasteiger charge is 2.20. The lowest BCUT2D eigenvalue weighted by Gasteiger charge is -2.14. The molecular formula is C8H12Cl2N4. The molecule has 1 aliphatic heterocycles. The van der Waals surface area contributed by atoms with E-state index in [1.165, 1.54) is 0 Å². The molecule has 1 aromatic rings. The molecule has 1 aromatic heterocycles. The molecule has 4 nitrogen and oxygen atoms in total. The van der Waals surface area contributed by atoms with Crippen LogP contribution in [-0.4, -0.2) is 29.1 Å². The third-order valence-electron chi connectivity index (χ3n) is 2.11. The summed E-state index contributed by atoms with van der Waals surface area (Å²) in [6, 6.07) is 0.249. The molecule has 2 N–H and O–H groups in total. The van der Waals surface area contributed by atoms with Gasteiger partial charge in [-0.05, 0) is 6.42 Å². The van der Waals surface area contributed by atoms with Gasteiger partial charge in [0, 0.05) is 19.1 Å². The molecule has 1 aliphatic rings. The molecule has 0 aromatic carbocycles. The van der Waals surface area contributed by atoms with Gasteiger partial charge < -0.3 is 10.6 Å². The molecule has 1 saturated heterocycles. The first-order chi connectivity index (χ1) is 6.25. The molecule has 6 heteroatoms. The first kappa shape index (κ1) is 11.5. The Balaban J connectivity index is 0.000000980. The van der Waals surface area contributed by atoms with Gasteiger partial charge in [0.15, 0.2) is 0 Å². The zero-order valence-corrected chi connectivity index (χ0v) is 9.13. The fourth-order valence-electron chi connectivity index (χ4n) is 1.44. The number of rotatable bonds is 1. The summed E-state index contributed by atoms with van der Waals surface area (Å²) in [5.41, 5.74) is 5.77. The largest absolute Gasteiger partial charge is 0.339 e. The monoisotopic (exact) mass is 234 g/mol. The molecule has 0 amide bonds. The Kier molecular flexibility index (Phi) is 3.92. The van der Waals surface area contributed by atoms with Crippen LogP contribution in [0.4, 0.5) is 5.95 Å². The minimum absolute atomic E-state index is 0.